The molecule has 0 spiro atoms. The molecular formula is C13H10Cl3NO. The van der Waals surface area contributed by atoms with E-state index in [9.17, 15) is 5.11 Å². The Hall–Kier alpha value is -0.930. The van der Waals surface area contributed by atoms with Crippen LogP contribution in [0, 0.1) is 0 Å². The third-order valence-electron chi connectivity index (χ3n) is 2.60. The summed E-state index contributed by atoms with van der Waals surface area (Å²) < 4.78 is 0. The lowest BCUT2D eigenvalue weighted by Crippen LogP contribution is -2.04. The van der Waals surface area contributed by atoms with Gasteiger partial charge in [0.25, 0.3) is 0 Å². The maximum absolute atomic E-state index is 10.3. The maximum Gasteiger partial charge on any atom is 0.108 e. The van der Waals surface area contributed by atoms with Crippen molar-refractivity contribution in [1.29, 1.82) is 0 Å². The van der Waals surface area contributed by atoms with Crippen molar-refractivity contribution in [2.24, 2.45) is 0 Å². The van der Waals surface area contributed by atoms with Crippen molar-refractivity contribution in [3.63, 3.8) is 0 Å². The standard InChI is InChI=1S/C13H10Cl3NO/c14-7-2-4-11(16)10(5-7)13(18)9-3-1-8(15)6-12(9)17/h1-6,13,18H,17H2. The van der Waals surface area contributed by atoms with E-state index in [4.69, 9.17) is 40.5 Å². The van der Waals surface area contributed by atoms with Gasteiger partial charge in [-0.1, -0.05) is 40.9 Å². The zero-order valence-corrected chi connectivity index (χ0v) is 11.5. The molecule has 2 aromatic rings. The van der Waals surface area contributed by atoms with Gasteiger partial charge in [0, 0.05) is 31.9 Å². The van der Waals surface area contributed by atoms with E-state index in [1.54, 1.807) is 36.4 Å². The highest BCUT2D eigenvalue weighted by Gasteiger charge is 2.17. The number of halogens is 3. The van der Waals surface area contributed by atoms with Crippen LogP contribution in [0.25, 0.3) is 0 Å². The molecule has 2 rings (SSSR count). The van der Waals surface area contributed by atoms with Gasteiger partial charge in [-0.3, -0.25) is 0 Å². The van der Waals surface area contributed by atoms with E-state index in [0.717, 1.165) is 0 Å². The summed E-state index contributed by atoms with van der Waals surface area (Å²) >= 11 is 17.7. The number of aliphatic hydroxyl groups excluding tert-OH is 1. The van der Waals surface area contributed by atoms with Crippen molar-refractivity contribution in [3.8, 4) is 0 Å². The fraction of sp³-hybridized carbons (Fsp3) is 0.0769. The van der Waals surface area contributed by atoms with Crippen LogP contribution >= 0.6 is 34.8 Å². The van der Waals surface area contributed by atoms with Gasteiger partial charge >= 0.3 is 0 Å². The molecule has 0 aliphatic heterocycles. The van der Waals surface area contributed by atoms with Crippen LogP contribution in [-0.4, -0.2) is 5.11 Å². The Labute approximate surface area is 120 Å². The molecular weight excluding hydrogens is 293 g/mol. The second-order valence-corrected chi connectivity index (χ2v) is 5.12. The van der Waals surface area contributed by atoms with E-state index < -0.39 is 6.10 Å². The number of rotatable bonds is 2. The molecule has 2 nitrogen and oxygen atoms in total. The Morgan fingerprint density at radius 2 is 1.50 bits per heavy atom. The number of aliphatic hydroxyl groups is 1. The minimum atomic E-state index is -0.937. The number of anilines is 1. The van der Waals surface area contributed by atoms with Crippen molar-refractivity contribution < 1.29 is 5.11 Å². The van der Waals surface area contributed by atoms with Crippen molar-refractivity contribution in [2.45, 2.75) is 6.10 Å². The van der Waals surface area contributed by atoms with E-state index in [1.807, 2.05) is 0 Å². The molecule has 94 valence electrons. The van der Waals surface area contributed by atoms with Crippen molar-refractivity contribution >= 4 is 40.5 Å². The largest absolute Gasteiger partial charge is 0.398 e. The molecule has 5 heteroatoms. The Kier molecular flexibility index (Phi) is 4.03. The second kappa shape index (κ2) is 5.37. The van der Waals surface area contributed by atoms with Crippen LogP contribution in [0.2, 0.25) is 15.1 Å². The van der Waals surface area contributed by atoms with Gasteiger partial charge in [0.05, 0.1) is 0 Å². The van der Waals surface area contributed by atoms with Gasteiger partial charge in [-0.05, 0) is 30.3 Å². The summed E-state index contributed by atoms with van der Waals surface area (Å²) in [7, 11) is 0. The quantitative estimate of drug-likeness (QED) is 0.812. The molecule has 0 aliphatic rings. The SMILES string of the molecule is Nc1cc(Cl)ccc1C(O)c1cc(Cl)ccc1Cl. The van der Waals surface area contributed by atoms with Gasteiger partial charge in [0.1, 0.15) is 6.10 Å². The fourth-order valence-corrected chi connectivity index (χ4v) is 2.27. The zero-order valence-electron chi connectivity index (χ0n) is 9.20. The minimum absolute atomic E-state index is 0.408. The number of benzene rings is 2. The molecule has 0 amide bonds. The van der Waals surface area contributed by atoms with Crippen LogP contribution in [-0.2, 0) is 0 Å². The lowest BCUT2D eigenvalue weighted by molar-refractivity contribution is 0.221. The van der Waals surface area contributed by atoms with Gasteiger partial charge in [0.15, 0.2) is 0 Å². The number of hydrogen-bond acceptors (Lipinski definition) is 2. The van der Waals surface area contributed by atoms with E-state index >= 15 is 0 Å². The number of hydrogen-bond donors (Lipinski definition) is 2. The van der Waals surface area contributed by atoms with Crippen LogP contribution in [0.4, 0.5) is 5.69 Å². The fourth-order valence-electron chi connectivity index (χ4n) is 1.69. The van der Waals surface area contributed by atoms with Crippen LogP contribution in [0.3, 0.4) is 0 Å². The maximum atomic E-state index is 10.3. The first-order valence-corrected chi connectivity index (χ1v) is 6.30. The molecule has 0 aromatic heterocycles. The minimum Gasteiger partial charge on any atom is -0.398 e. The molecule has 0 saturated heterocycles. The molecule has 0 bridgehead atoms. The van der Waals surface area contributed by atoms with E-state index in [2.05, 4.69) is 0 Å². The molecule has 3 N–H and O–H groups in total. The topological polar surface area (TPSA) is 46.2 Å². The molecule has 0 heterocycles. The summed E-state index contributed by atoms with van der Waals surface area (Å²) in [6.07, 6.45) is -0.937. The first kappa shape index (κ1) is 13.5. The van der Waals surface area contributed by atoms with Gasteiger partial charge in [-0.25, -0.2) is 0 Å². The van der Waals surface area contributed by atoms with Crippen LogP contribution in [0.5, 0.6) is 0 Å². The number of nitrogens with two attached hydrogens (primary N) is 1. The average Bonchev–Trinajstić information content (AvgIpc) is 2.31. The van der Waals surface area contributed by atoms with E-state index in [0.29, 0.717) is 31.9 Å². The Morgan fingerprint density at radius 1 is 0.889 bits per heavy atom. The normalized spacial score (nSPS) is 12.4. The van der Waals surface area contributed by atoms with Crippen LogP contribution < -0.4 is 5.73 Å². The predicted octanol–water partition coefficient (Wildman–Crippen LogP) is 4.31. The summed E-state index contributed by atoms with van der Waals surface area (Å²) in [6, 6.07) is 9.82. The second-order valence-electron chi connectivity index (χ2n) is 3.84. The van der Waals surface area contributed by atoms with Crippen molar-refractivity contribution in [1.82, 2.24) is 0 Å². The third kappa shape index (κ3) is 2.73. The first-order chi connectivity index (χ1) is 8.49. The Morgan fingerprint density at radius 3 is 2.17 bits per heavy atom. The van der Waals surface area contributed by atoms with Gasteiger partial charge < -0.3 is 10.8 Å². The lowest BCUT2D eigenvalue weighted by atomic mass is 10.00. The average molecular weight is 303 g/mol. The molecule has 0 saturated carbocycles. The molecule has 0 fully saturated rings. The van der Waals surface area contributed by atoms with Crippen LogP contribution in [0.1, 0.15) is 17.2 Å². The predicted molar refractivity (Wildman–Crippen MR) is 76.4 cm³/mol. The molecule has 1 unspecified atom stereocenters. The van der Waals surface area contributed by atoms with Gasteiger partial charge in [-0.15, -0.1) is 0 Å². The molecule has 0 aliphatic carbocycles. The summed E-state index contributed by atoms with van der Waals surface area (Å²) in [5.74, 6) is 0. The Bertz CT molecular complexity index is 586. The van der Waals surface area contributed by atoms with Crippen LogP contribution in [0.15, 0.2) is 36.4 Å². The highest BCUT2D eigenvalue weighted by atomic mass is 35.5. The van der Waals surface area contributed by atoms with E-state index in [1.165, 1.54) is 0 Å². The monoisotopic (exact) mass is 301 g/mol. The zero-order chi connectivity index (χ0) is 13.3. The highest BCUT2D eigenvalue weighted by Crippen LogP contribution is 2.33. The summed E-state index contributed by atoms with van der Waals surface area (Å²) in [5, 5.41) is 11.7. The van der Waals surface area contributed by atoms with Crippen molar-refractivity contribution in [2.75, 3.05) is 5.73 Å². The highest BCUT2D eigenvalue weighted by molar-refractivity contribution is 6.33. The van der Waals surface area contributed by atoms with Gasteiger partial charge in [-0.2, -0.15) is 0 Å². The lowest BCUT2D eigenvalue weighted by Gasteiger charge is -2.15. The molecule has 0 radical (unpaired) electrons. The summed E-state index contributed by atoms with van der Waals surface area (Å²) in [4.78, 5) is 0. The third-order valence-corrected chi connectivity index (χ3v) is 3.41. The van der Waals surface area contributed by atoms with E-state index in [-0.39, 0.29) is 0 Å². The summed E-state index contributed by atoms with van der Waals surface area (Å²) in [6.45, 7) is 0. The smallest absolute Gasteiger partial charge is 0.108 e. The number of nitrogen functional groups attached to an aromatic ring is 1. The molecule has 1 atom stereocenters. The molecule has 2 aromatic carbocycles. The molecule has 18 heavy (non-hydrogen) atoms. The van der Waals surface area contributed by atoms with Crippen molar-refractivity contribution in [3.05, 3.63) is 62.6 Å². The van der Waals surface area contributed by atoms with Gasteiger partial charge in [0.2, 0.25) is 0 Å². The summed E-state index contributed by atoms with van der Waals surface area (Å²) in [5.41, 5.74) is 7.29. The first-order valence-electron chi connectivity index (χ1n) is 5.17. The Balaban J connectivity index is 2.47.